The third kappa shape index (κ3) is 2.21. The molecule has 0 unspecified atom stereocenters. The van der Waals surface area contributed by atoms with Crippen LogP contribution in [0, 0.1) is 5.41 Å². The average molecular weight is 204 g/mol. The largest absolute Gasteiger partial charge is 0.464 e. The molecule has 0 atom stereocenters. The summed E-state index contributed by atoms with van der Waals surface area (Å²) in [6.45, 7) is 4.33. The molecule has 0 spiro atoms. The van der Waals surface area contributed by atoms with Crippen molar-refractivity contribution in [2.45, 2.75) is 20.3 Å². The molecule has 2 nitrogen and oxygen atoms in total. The van der Waals surface area contributed by atoms with Gasteiger partial charge in [0.05, 0.1) is 6.26 Å². The normalized spacial score (nSPS) is 12.2. The van der Waals surface area contributed by atoms with Crippen molar-refractivity contribution in [3.05, 3.63) is 36.1 Å². The molecule has 1 aromatic heterocycles. The molecule has 0 radical (unpaired) electrons. The number of hydrogen-bond acceptors (Lipinski definition) is 2. The first-order valence-corrected chi connectivity index (χ1v) is 5.18. The highest BCUT2D eigenvalue weighted by Gasteiger charge is 2.17. The van der Waals surface area contributed by atoms with Gasteiger partial charge >= 0.3 is 0 Å². The summed E-state index contributed by atoms with van der Waals surface area (Å²) in [6, 6.07) is 8.13. The van der Waals surface area contributed by atoms with Gasteiger partial charge in [0, 0.05) is 12.0 Å². The number of aliphatic hydroxyl groups excluding tert-OH is 1. The van der Waals surface area contributed by atoms with E-state index in [0.29, 0.717) is 0 Å². The van der Waals surface area contributed by atoms with Crippen molar-refractivity contribution >= 4 is 11.0 Å². The molecule has 0 saturated carbocycles. The zero-order valence-electron chi connectivity index (χ0n) is 9.16. The van der Waals surface area contributed by atoms with Crippen LogP contribution in [-0.4, -0.2) is 11.7 Å². The minimum Gasteiger partial charge on any atom is -0.464 e. The Morgan fingerprint density at radius 2 is 2.07 bits per heavy atom. The van der Waals surface area contributed by atoms with Gasteiger partial charge in [-0.25, -0.2) is 0 Å². The van der Waals surface area contributed by atoms with Crippen molar-refractivity contribution < 1.29 is 9.52 Å². The van der Waals surface area contributed by atoms with Gasteiger partial charge in [-0.15, -0.1) is 0 Å². The fourth-order valence-corrected chi connectivity index (χ4v) is 1.73. The Labute approximate surface area is 89.5 Å². The summed E-state index contributed by atoms with van der Waals surface area (Å²) in [4.78, 5) is 0. The van der Waals surface area contributed by atoms with E-state index in [-0.39, 0.29) is 12.0 Å². The highest BCUT2D eigenvalue weighted by atomic mass is 16.3. The van der Waals surface area contributed by atoms with Gasteiger partial charge in [-0.3, -0.25) is 0 Å². The molecule has 0 saturated heterocycles. The van der Waals surface area contributed by atoms with E-state index >= 15 is 0 Å². The summed E-state index contributed by atoms with van der Waals surface area (Å²) in [5, 5.41) is 10.3. The number of fused-ring (bicyclic) bond motifs is 1. The van der Waals surface area contributed by atoms with Gasteiger partial charge in [0.15, 0.2) is 0 Å². The topological polar surface area (TPSA) is 33.4 Å². The molecule has 1 aromatic carbocycles. The van der Waals surface area contributed by atoms with E-state index in [0.717, 1.165) is 17.4 Å². The minimum absolute atomic E-state index is 0.0581. The third-order valence-corrected chi connectivity index (χ3v) is 2.63. The predicted octanol–water partition coefficient (Wildman–Crippen LogP) is 2.99. The van der Waals surface area contributed by atoms with Crippen LogP contribution in [0.2, 0.25) is 0 Å². The Balaban J connectivity index is 2.28. The van der Waals surface area contributed by atoms with Crippen molar-refractivity contribution in [3.8, 4) is 0 Å². The molecule has 2 heteroatoms. The highest BCUT2D eigenvalue weighted by molar-refractivity contribution is 5.77. The maximum atomic E-state index is 9.21. The lowest BCUT2D eigenvalue weighted by Crippen LogP contribution is -2.19. The molecule has 0 aliphatic rings. The van der Waals surface area contributed by atoms with Gasteiger partial charge in [-0.05, 0) is 35.6 Å². The highest BCUT2D eigenvalue weighted by Crippen LogP contribution is 2.24. The standard InChI is InChI=1S/C13H16O2/c1-13(2,9-14)8-10-3-4-12-11(7-10)5-6-15-12/h3-7,14H,8-9H2,1-2H3. The van der Waals surface area contributed by atoms with Crippen molar-refractivity contribution in [1.29, 1.82) is 0 Å². The van der Waals surface area contributed by atoms with Crippen LogP contribution < -0.4 is 0 Å². The number of aliphatic hydroxyl groups is 1. The van der Waals surface area contributed by atoms with Crippen LogP contribution in [0.3, 0.4) is 0 Å². The van der Waals surface area contributed by atoms with Crippen LogP contribution >= 0.6 is 0 Å². The fraction of sp³-hybridized carbons (Fsp3) is 0.385. The van der Waals surface area contributed by atoms with Crippen LogP contribution in [0.15, 0.2) is 34.9 Å². The van der Waals surface area contributed by atoms with Gasteiger partial charge in [-0.2, -0.15) is 0 Å². The fourth-order valence-electron chi connectivity index (χ4n) is 1.73. The SMILES string of the molecule is CC(C)(CO)Cc1ccc2occc2c1. The van der Waals surface area contributed by atoms with Crippen LogP contribution in [0.25, 0.3) is 11.0 Å². The second-order valence-electron chi connectivity index (χ2n) is 4.79. The summed E-state index contributed by atoms with van der Waals surface area (Å²) in [6.07, 6.45) is 2.58. The van der Waals surface area contributed by atoms with Crippen molar-refractivity contribution in [1.82, 2.24) is 0 Å². The third-order valence-electron chi connectivity index (χ3n) is 2.63. The molecule has 0 bridgehead atoms. The Morgan fingerprint density at radius 3 is 2.80 bits per heavy atom. The molecule has 1 heterocycles. The molecular formula is C13H16O2. The van der Waals surface area contributed by atoms with E-state index < -0.39 is 0 Å². The van der Waals surface area contributed by atoms with E-state index in [2.05, 4.69) is 26.0 Å². The second kappa shape index (κ2) is 3.70. The first-order valence-electron chi connectivity index (χ1n) is 5.18. The van der Waals surface area contributed by atoms with Gasteiger partial charge in [-0.1, -0.05) is 19.9 Å². The molecule has 1 N–H and O–H groups in total. The Bertz CT molecular complexity index is 454. The van der Waals surface area contributed by atoms with E-state index in [1.54, 1.807) is 6.26 Å². The molecule has 0 aliphatic carbocycles. The second-order valence-corrected chi connectivity index (χ2v) is 4.79. The summed E-state index contributed by atoms with van der Waals surface area (Å²) < 4.78 is 5.28. The Morgan fingerprint density at radius 1 is 1.27 bits per heavy atom. The van der Waals surface area contributed by atoms with Crippen LogP contribution in [0.1, 0.15) is 19.4 Å². The van der Waals surface area contributed by atoms with Crippen molar-refractivity contribution in [3.63, 3.8) is 0 Å². The zero-order chi connectivity index (χ0) is 10.9. The molecule has 0 fully saturated rings. The first-order chi connectivity index (χ1) is 7.11. The number of hydrogen-bond donors (Lipinski definition) is 1. The maximum absolute atomic E-state index is 9.21. The van der Waals surface area contributed by atoms with Gasteiger partial charge in [0.1, 0.15) is 5.58 Å². The van der Waals surface area contributed by atoms with E-state index in [1.165, 1.54) is 5.56 Å². The predicted molar refractivity (Wildman–Crippen MR) is 60.8 cm³/mol. The maximum Gasteiger partial charge on any atom is 0.133 e. The summed E-state index contributed by atoms with van der Waals surface area (Å²) in [5.41, 5.74) is 2.10. The lowest BCUT2D eigenvalue weighted by Gasteiger charge is -2.21. The minimum atomic E-state index is -0.0581. The molecule has 0 aliphatic heterocycles. The molecule has 80 valence electrons. The Hall–Kier alpha value is -1.28. The first kappa shape index (κ1) is 10.2. The van der Waals surface area contributed by atoms with Crippen molar-refractivity contribution in [2.75, 3.05) is 6.61 Å². The number of rotatable bonds is 3. The summed E-state index contributed by atoms with van der Waals surface area (Å²) in [7, 11) is 0. The molecule has 0 amide bonds. The molecule has 2 aromatic rings. The molecule has 2 rings (SSSR count). The average Bonchev–Trinajstić information content (AvgIpc) is 2.64. The van der Waals surface area contributed by atoms with E-state index in [1.807, 2.05) is 12.1 Å². The van der Waals surface area contributed by atoms with Crippen LogP contribution in [0.4, 0.5) is 0 Å². The lowest BCUT2D eigenvalue weighted by molar-refractivity contribution is 0.159. The summed E-state index contributed by atoms with van der Waals surface area (Å²) >= 11 is 0. The summed E-state index contributed by atoms with van der Waals surface area (Å²) in [5.74, 6) is 0. The van der Waals surface area contributed by atoms with E-state index in [9.17, 15) is 5.11 Å². The van der Waals surface area contributed by atoms with Gasteiger partial charge in [0.25, 0.3) is 0 Å². The van der Waals surface area contributed by atoms with Crippen LogP contribution in [-0.2, 0) is 6.42 Å². The quantitative estimate of drug-likeness (QED) is 0.833. The number of furan rings is 1. The molecular weight excluding hydrogens is 188 g/mol. The monoisotopic (exact) mass is 204 g/mol. The zero-order valence-corrected chi connectivity index (χ0v) is 9.16. The lowest BCUT2D eigenvalue weighted by atomic mass is 9.86. The van der Waals surface area contributed by atoms with Crippen molar-refractivity contribution in [2.24, 2.45) is 5.41 Å². The van der Waals surface area contributed by atoms with E-state index in [4.69, 9.17) is 4.42 Å². The Kier molecular flexibility index (Phi) is 2.53. The number of benzene rings is 1. The van der Waals surface area contributed by atoms with Crippen LogP contribution in [0.5, 0.6) is 0 Å². The van der Waals surface area contributed by atoms with Gasteiger partial charge in [0.2, 0.25) is 0 Å². The van der Waals surface area contributed by atoms with Gasteiger partial charge < -0.3 is 9.52 Å². The molecule has 15 heavy (non-hydrogen) atoms. The smallest absolute Gasteiger partial charge is 0.133 e.